The minimum Gasteiger partial charge on any atom is -0.357 e. The summed E-state index contributed by atoms with van der Waals surface area (Å²) < 4.78 is 0. The van der Waals surface area contributed by atoms with E-state index in [1.54, 1.807) is 0 Å². The van der Waals surface area contributed by atoms with Gasteiger partial charge in [-0.15, -0.1) is 0 Å². The summed E-state index contributed by atoms with van der Waals surface area (Å²) in [6.45, 7) is 10.8. The lowest BCUT2D eigenvalue weighted by Crippen LogP contribution is -2.24. The van der Waals surface area contributed by atoms with Gasteiger partial charge in [-0.1, -0.05) is 19.9 Å². The molecule has 0 saturated heterocycles. The van der Waals surface area contributed by atoms with Crippen LogP contribution in [-0.2, 0) is 0 Å². The summed E-state index contributed by atoms with van der Waals surface area (Å²) in [7, 11) is 0. The van der Waals surface area contributed by atoms with Crippen molar-refractivity contribution in [3.63, 3.8) is 0 Å². The van der Waals surface area contributed by atoms with Crippen molar-refractivity contribution in [1.82, 2.24) is 4.98 Å². The normalized spacial score (nSPS) is 10.6. The molecule has 1 aromatic heterocycles. The molecule has 0 fully saturated rings. The van der Waals surface area contributed by atoms with Crippen LogP contribution in [0, 0.1) is 0 Å². The number of hydrogen-bond donors (Lipinski definition) is 0. The molecule has 1 rings (SSSR count). The van der Waals surface area contributed by atoms with Gasteiger partial charge in [0.1, 0.15) is 5.82 Å². The standard InChI is InChI=1S/C12H20N2/c1-5-14(6-2)12-11(10(3)4)8-7-9-13-12/h7-10H,5-6H2,1-4H3. The predicted molar refractivity (Wildman–Crippen MR) is 61.9 cm³/mol. The van der Waals surface area contributed by atoms with E-state index in [0.29, 0.717) is 5.92 Å². The molecule has 1 aromatic rings. The van der Waals surface area contributed by atoms with Crippen LogP contribution in [0.3, 0.4) is 0 Å². The molecule has 0 aromatic carbocycles. The van der Waals surface area contributed by atoms with Gasteiger partial charge in [-0.3, -0.25) is 0 Å². The Morgan fingerprint density at radius 2 is 1.93 bits per heavy atom. The second-order valence-electron chi connectivity index (χ2n) is 3.74. The fraction of sp³-hybridized carbons (Fsp3) is 0.583. The molecule has 0 aliphatic heterocycles. The van der Waals surface area contributed by atoms with Crippen molar-refractivity contribution in [1.29, 1.82) is 0 Å². The zero-order valence-corrected chi connectivity index (χ0v) is 9.62. The topological polar surface area (TPSA) is 16.1 Å². The number of rotatable bonds is 4. The smallest absolute Gasteiger partial charge is 0.131 e. The van der Waals surface area contributed by atoms with Crippen LogP contribution in [0.4, 0.5) is 5.82 Å². The number of hydrogen-bond acceptors (Lipinski definition) is 2. The molecular weight excluding hydrogens is 172 g/mol. The maximum Gasteiger partial charge on any atom is 0.131 e. The highest BCUT2D eigenvalue weighted by molar-refractivity contribution is 5.48. The van der Waals surface area contributed by atoms with Crippen molar-refractivity contribution >= 4 is 5.82 Å². The summed E-state index contributed by atoms with van der Waals surface area (Å²) in [6.07, 6.45) is 1.87. The molecule has 0 atom stereocenters. The van der Waals surface area contributed by atoms with Crippen molar-refractivity contribution in [2.75, 3.05) is 18.0 Å². The van der Waals surface area contributed by atoms with Crippen molar-refractivity contribution in [3.8, 4) is 0 Å². The first-order chi connectivity index (χ1) is 6.70. The molecule has 0 saturated carbocycles. The highest BCUT2D eigenvalue weighted by Gasteiger charge is 2.11. The third-order valence-electron chi connectivity index (χ3n) is 2.50. The van der Waals surface area contributed by atoms with Crippen molar-refractivity contribution < 1.29 is 0 Å². The van der Waals surface area contributed by atoms with Crippen molar-refractivity contribution in [2.24, 2.45) is 0 Å². The fourth-order valence-corrected chi connectivity index (χ4v) is 1.65. The Hall–Kier alpha value is -1.05. The number of nitrogens with zero attached hydrogens (tertiary/aromatic N) is 2. The predicted octanol–water partition coefficient (Wildman–Crippen LogP) is 3.05. The molecule has 0 amide bonds. The molecule has 14 heavy (non-hydrogen) atoms. The Morgan fingerprint density at radius 1 is 1.29 bits per heavy atom. The lowest BCUT2D eigenvalue weighted by Gasteiger charge is -2.23. The van der Waals surface area contributed by atoms with Gasteiger partial charge >= 0.3 is 0 Å². The van der Waals surface area contributed by atoms with Gasteiger partial charge in [0.2, 0.25) is 0 Å². The van der Waals surface area contributed by atoms with Crippen LogP contribution in [0.25, 0.3) is 0 Å². The number of pyridine rings is 1. The second-order valence-corrected chi connectivity index (χ2v) is 3.74. The van der Waals surface area contributed by atoms with Crippen LogP contribution in [0.5, 0.6) is 0 Å². The Labute approximate surface area is 87.0 Å². The minimum absolute atomic E-state index is 0.541. The van der Waals surface area contributed by atoms with Gasteiger partial charge in [-0.2, -0.15) is 0 Å². The fourth-order valence-electron chi connectivity index (χ4n) is 1.65. The Kier molecular flexibility index (Phi) is 3.93. The van der Waals surface area contributed by atoms with E-state index < -0.39 is 0 Å². The number of aromatic nitrogens is 1. The van der Waals surface area contributed by atoms with Crippen LogP contribution < -0.4 is 4.90 Å². The molecule has 1 heterocycles. The van der Waals surface area contributed by atoms with Crippen LogP contribution in [0.2, 0.25) is 0 Å². The minimum atomic E-state index is 0.541. The van der Waals surface area contributed by atoms with E-state index >= 15 is 0 Å². The molecule has 2 nitrogen and oxygen atoms in total. The third kappa shape index (κ3) is 2.25. The first kappa shape index (κ1) is 11.0. The maximum absolute atomic E-state index is 4.47. The molecule has 2 heteroatoms. The molecule has 78 valence electrons. The monoisotopic (exact) mass is 192 g/mol. The molecule has 0 aliphatic rings. The van der Waals surface area contributed by atoms with E-state index in [1.165, 1.54) is 5.56 Å². The van der Waals surface area contributed by atoms with Crippen LogP contribution in [0.15, 0.2) is 18.3 Å². The third-order valence-corrected chi connectivity index (χ3v) is 2.50. The first-order valence-corrected chi connectivity index (χ1v) is 5.40. The van der Waals surface area contributed by atoms with Crippen LogP contribution in [-0.4, -0.2) is 18.1 Å². The summed E-state index contributed by atoms with van der Waals surface area (Å²) >= 11 is 0. The summed E-state index contributed by atoms with van der Waals surface area (Å²) in [5.41, 5.74) is 1.34. The van der Waals surface area contributed by atoms with Gasteiger partial charge in [0.05, 0.1) is 0 Å². The van der Waals surface area contributed by atoms with E-state index in [1.807, 2.05) is 12.3 Å². The molecule has 0 aliphatic carbocycles. The van der Waals surface area contributed by atoms with E-state index in [9.17, 15) is 0 Å². The highest BCUT2D eigenvalue weighted by Crippen LogP contribution is 2.24. The zero-order chi connectivity index (χ0) is 10.6. The summed E-state index contributed by atoms with van der Waals surface area (Å²) in [4.78, 5) is 6.77. The van der Waals surface area contributed by atoms with Crippen molar-refractivity contribution in [2.45, 2.75) is 33.6 Å². The summed E-state index contributed by atoms with van der Waals surface area (Å²) in [5.74, 6) is 1.69. The first-order valence-electron chi connectivity index (χ1n) is 5.40. The lowest BCUT2D eigenvalue weighted by atomic mass is 10.0. The summed E-state index contributed by atoms with van der Waals surface area (Å²) in [6, 6.07) is 4.19. The largest absolute Gasteiger partial charge is 0.357 e. The van der Waals surface area contributed by atoms with Gasteiger partial charge < -0.3 is 4.90 Å². The van der Waals surface area contributed by atoms with E-state index in [4.69, 9.17) is 0 Å². The molecule has 0 radical (unpaired) electrons. The van der Waals surface area contributed by atoms with Gasteiger partial charge in [0.25, 0.3) is 0 Å². The van der Waals surface area contributed by atoms with Gasteiger partial charge in [0, 0.05) is 19.3 Å². The Morgan fingerprint density at radius 3 is 2.43 bits per heavy atom. The average molecular weight is 192 g/mol. The average Bonchev–Trinajstić information content (AvgIpc) is 2.20. The molecule has 0 N–H and O–H groups in total. The molecule has 0 bridgehead atoms. The lowest BCUT2D eigenvalue weighted by molar-refractivity contribution is 0.797. The van der Waals surface area contributed by atoms with Gasteiger partial charge in [0.15, 0.2) is 0 Å². The van der Waals surface area contributed by atoms with E-state index in [0.717, 1.165) is 18.9 Å². The SMILES string of the molecule is CCN(CC)c1ncccc1C(C)C. The van der Waals surface area contributed by atoms with E-state index in [-0.39, 0.29) is 0 Å². The maximum atomic E-state index is 4.47. The molecular formula is C12H20N2. The Bertz CT molecular complexity index is 277. The number of anilines is 1. The second kappa shape index (κ2) is 4.99. The van der Waals surface area contributed by atoms with Gasteiger partial charge in [-0.05, 0) is 31.4 Å². The van der Waals surface area contributed by atoms with Crippen molar-refractivity contribution in [3.05, 3.63) is 23.9 Å². The Balaban J connectivity index is 3.05. The van der Waals surface area contributed by atoms with Gasteiger partial charge in [-0.25, -0.2) is 4.98 Å². The zero-order valence-electron chi connectivity index (χ0n) is 9.62. The van der Waals surface area contributed by atoms with Crippen LogP contribution >= 0.6 is 0 Å². The molecule has 0 spiro atoms. The summed E-state index contributed by atoms with van der Waals surface area (Å²) in [5, 5.41) is 0. The van der Waals surface area contributed by atoms with Crippen LogP contribution in [0.1, 0.15) is 39.2 Å². The quantitative estimate of drug-likeness (QED) is 0.729. The highest BCUT2D eigenvalue weighted by atomic mass is 15.2. The molecule has 0 unspecified atom stereocenters. The van der Waals surface area contributed by atoms with E-state index in [2.05, 4.69) is 43.6 Å².